The highest BCUT2D eigenvalue weighted by atomic mass is 16.5. The van der Waals surface area contributed by atoms with Gasteiger partial charge in [0.1, 0.15) is 12.0 Å². The molecule has 0 bridgehead atoms. The maximum absolute atomic E-state index is 12.6. The topological polar surface area (TPSA) is 116 Å². The van der Waals surface area contributed by atoms with Crippen LogP contribution >= 0.6 is 0 Å². The molecular formula is C21H17N7O3+2. The molecular weight excluding hydrogens is 398 g/mol. The molecule has 0 unspecified atom stereocenters. The van der Waals surface area contributed by atoms with Gasteiger partial charge in [-0.05, 0) is 27.8 Å². The molecule has 10 nitrogen and oxygen atoms in total. The quantitative estimate of drug-likeness (QED) is 0.333. The number of carbonyl (C=O) groups is 1. The third-order valence-electron chi connectivity index (χ3n) is 4.32. The lowest BCUT2D eigenvalue weighted by Crippen LogP contribution is -2.32. The average molecular weight is 415 g/mol. The van der Waals surface area contributed by atoms with Gasteiger partial charge in [-0.3, -0.25) is 4.79 Å². The Morgan fingerprint density at radius 3 is 2.81 bits per heavy atom. The summed E-state index contributed by atoms with van der Waals surface area (Å²) in [6.45, 7) is 2.00. The number of hydrogen-bond acceptors (Lipinski definition) is 7. The second-order valence-corrected chi connectivity index (χ2v) is 6.40. The number of fused-ring (bicyclic) bond motifs is 1. The van der Waals surface area contributed by atoms with Gasteiger partial charge in [-0.2, -0.15) is 4.98 Å². The molecule has 0 fully saturated rings. The van der Waals surface area contributed by atoms with Crippen molar-refractivity contribution in [3.8, 4) is 23.7 Å². The van der Waals surface area contributed by atoms with Crippen molar-refractivity contribution in [2.75, 3.05) is 19.5 Å². The zero-order chi connectivity index (χ0) is 21.8. The van der Waals surface area contributed by atoms with Crippen molar-refractivity contribution >= 4 is 17.9 Å². The molecule has 1 aliphatic heterocycles. The lowest BCUT2D eigenvalue weighted by Gasteiger charge is -2.08. The number of hydrogen-bond donors (Lipinski definition) is 1. The maximum atomic E-state index is 12.6. The highest BCUT2D eigenvalue weighted by Crippen LogP contribution is 2.20. The summed E-state index contributed by atoms with van der Waals surface area (Å²) in [6.07, 6.45) is 4.37. The van der Waals surface area contributed by atoms with Crippen LogP contribution in [0, 0.1) is 18.9 Å². The standard InChI is InChI=1S/C21H16N7O3/c1-13-4-5-18-15(8-13)24-12-28(18)7-6-14-9-16(26-27-20(14)30-2)19(29)25-17-10-22-11-23-21(17)31-3/h4-5,8-12H,1-3H3/q+1/p+1. The molecule has 0 atom stereocenters. The summed E-state index contributed by atoms with van der Waals surface area (Å²) in [7, 11) is 2.90. The van der Waals surface area contributed by atoms with Crippen molar-refractivity contribution in [2.45, 2.75) is 6.92 Å². The lowest BCUT2D eigenvalue weighted by atomic mass is 10.2. The minimum atomic E-state index is -0.519. The molecule has 0 saturated heterocycles. The summed E-state index contributed by atoms with van der Waals surface area (Å²) in [5.41, 5.74) is 1.86. The minimum absolute atomic E-state index is 0.0436. The normalized spacial score (nSPS) is 11.1. The summed E-state index contributed by atoms with van der Waals surface area (Å²) < 4.78 is 16.4. The van der Waals surface area contributed by atoms with E-state index in [0.29, 0.717) is 11.3 Å². The fourth-order valence-electron chi connectivity index (χ4n) is 2.82. The molecule has 1 amide bonds. The number of benzene rings is 1. The highest BCUT2D eigenvalue weighted by molar-refractivity contribution is 6.03. The van der Waals surface area contributed by atoms with E-state index in [1.165, 1.54) is 32.8 Å². The number of amides is 1. The van der Waals surface area contributed by atoms with Crippen LogP contribution in [0.2, 0.25) is 0 Å². The Morgan fingerprint density at radius 2 is 2.00 bits per heavy atom. The van der Waals surface area contributed by atoms with Gasteiger partial charge in [-0.15, -0.1) is 10.2 Å². The number of aryl methyl sites for hydroxylation is 1. The van der Waals surface area contributed by atoms with Gasteiger partial charge in [0.05, 0.1) is 26.0 Å². The number of methoxy groups -OCH3 is 2. The molecule has 4 rings (SSSR count). The molecule has 152 valence electrons. The van der Waals surface area contributed by atoms with E-state index in [9.17, 15) is 4.79 Å². The molecule has 1 N–H and O–H groups in total. The SMILES string of the molecule is COc1nnc(C(=O)Nc2cncnc2OC)cc1C#C[N+]1=c2ccc(C)cc2=[N+]=C1. The zero-order valence-corrected chi connectivity index (χ0v) is 16.9. The number of nitrogens with one attached hydrogen (secondary N) is 1. The molecule has 3 heterocycles. The molecule has 31 heavy (non-hydrogen) atoms. The van der Waals surface area contributed by atoms with E-state index in [0.717, 1.165) is 16.3 Å². The summed E-state index contributed by atoms with van der Waals surface area (Å²) in [5, 5.41) is 12.2. The third kappa shape index (κ3) is 4.07. The van der Waals surface area contributed by atoms with Crippen molar-refractivity contribution in [1.29, 1.82) is 0 Å². The Morgan fingerprint density at radius 1 is 1.16 bits per heavy atom. The van der Waals surface area contributed by atoms with Gasteiger partial charge < -0.3 is 14.8 Å². The predicted molar refractivity (Wildman–Crippen MR) is 111 cm³/mol. The second kappa shape index (κ2) is 8.41. The Kier molecular flexibility index (Phi) is 5.34. The Balaban J connectivity index is 1.66. The summed E-state index contributed by atoms with van der Waals surface area (Å²) >= 11 is 0. The van der Waals surface area contributed by atoms with E-state index in [-0.39, 0.29) is 17.5 Å². The second-order valence-electron chi connectivity index (χ2n) is 6.40. The number of carbonyl (C=O) groups excluding carboxylic acids is 1. The van der Waals surface area contributed by atoms with E-state index >= 15 is 0 Å². The fraction of sp³-hybridized carbons (Fsp3) is 0.143. The van der Waals surface area contributed by atoms with Gasteiger partial charge in [-0.1, -0.05) is 6.07 Å². The van der Waals surface area contributed by atoms with Crippen LogP contribution in [0.3, 0.4) is 0 Å². The summed E-state index contributed by atoms with van der Waals surface area (Å²) in [6, 6.07) is 10.4. The Bertz CT molecular complexity index is 1420. The van der Waals surface area contributed by atoms with Gasteiger partial charge in [0.2, 0.25) is 17.8 Å². The summed E-state index contributed by atoms with van der Waals surface area (Å²) in [5.74, 6) is 2.88. The van der Waals surface area contributed by atoms with E-state index in [1.807, 2.05) is 25.1 Å². The number of nitrogens with zero attached hydrogens (tertiary/aromatic N) is 6. The van der Waals surface area contributed by atoms with Crippen molar-refractivity contribution < 1.29 is 14.3 Å². The van der Waals surface area contributed by atoms with Crippen molar-refractivity contribution in [3.63, 3.8) is 0 Å². The van der Waals surface area contributed by atoms with E-state index < -0.39 is 5.91 Å². The molecule has 0 radical (unpaired) electrons. The van der Waals surface area contributed by atoms with Gasteiger partial charge in [-0.25, -0.2) is 4.98 Å². The molecule has 10 heteroatoms. The van der Waals surface area contributed by atoms with E-state index in [2.05, 4.69) is 42.1 Å². The van der Waals surface area contributed by atoms with Crippen LogP contribution in [0.25, 0.3) is 0 Å². The maximum Gasteiger partial charge on any atom is 0.537 e. The molecule has 0 spiro atoms. The zero-order valence-electron chi connectivity index (χ0n) is 16.9. The van der Waals surface area contributed by atoms with Crippen LogP contribution < -0.4 is 34.7 Å². The van der Waals surface area contributed by atoms with Crippen LogP contribution in [0.1, 0.15) is 21.6 Å². The van der Waals surface area contributed by atoms with Crippen molar-refractivity contribution in [1.82, 2.24) is 29.4 Å². The number of anilines is 1. The molecule has 0 saturated carbocycles. The average Bonchev–Trinajstić information content (AvgIpc) is 3.19. The van der Waals surface area contributed by atoms with Crippen LogP contribution in [-0.2, 0) is 0 Å². The number of rotatable bonds is 4. The number of ether oxygens (including phenoxy) is 2. The molecule has 1 aliphatic rings. The first-order valence-electron chi connectivity index (χ1n) is 9.12. The molecule has 3 aromatic rings. The third-order valence-corrected chi connectivity index (χ3v) is 4.32. The van der Waals surface area contributed by atoms with Crippen molar-refractivity contribution in [2.24, 2.45) is 0 Å². The molecule has 1 aromatic carbocycles. The largest absolute Gasteiger partial charge is 0.537 e. The fourth-order valence-corrected chi connectivity index (χ4v) is 2.82. The monoisotopic (exact) mass is 415 g/mol. The first-order chi connectivity index (χ1) is 15.1. The summed E-state index contributed by atoms with van der Waals surface area (Å²) in [4.78, 5) is 20.5. The first kappa shape index (κ1) is 19.7. The predicted octanol–water partition coefficient (Wildman–Crippen LogP) is -0.926. The lowest BCUT2D eigenvalue weighted by molar-refractivity contribution is 0.102. The van der Waals surface area contributed by atoms with Gasteiger partial charge in [0.25, 0.3) is 5.91 Å². The van der Waals surface area contributed by atoms with Gasteiger partial charge in [0.15, 0.2) is 5.69 Å². The van der Waals surface area contributed by atoms with Crippen LogP contribution in [-0.4, -0.2) is 46.6 Å². The molecule has 2 aromatic heterocycles. The van der Waals surface area contributed by atoms with Crippen LogP contribution in [0.5, 0.6) is 11.8 Å². The van der Waals surface area contributed by atoms with E-state index in [4.69, 9.17) is 9.47 Å². The van der Waals surface area contributed by atoms with E-state index in [1.54, 1.807) is 10.9 Å². The van der Waals surface area contributed by atoms with Crippen molar-refractivity contribution in [3.05, 3.63) is 64.3 Å². The van der Waals surface area contributed by atoms with Gasteiger partial charge >= 0.3 is 17.1 Å². The number of aromatic nitrogens is 4. The first-order valence-corrected chi connectivity index (χ1v) is 9.12. The van der Waals surface area contributed by atoms with Crippen LogP contribution in [0.4, 0.5) is 5.69 Å². The molecule has 0 aliphatic carbocycles. The smallest absolute Gasteiger partial charge is 0.479 e. The Hall–Kier alpha value is -4.61. The Labute approximate surface area is 176 Å². The minimum Gasteiger partial charge on any atom is -0.479 e. The van der Waals surface area contributed by atoms with Crippen LogP contribution in [0.15, 0.2) is 36.8 Å². The highest BCUT2D eigenvalue weighted by Gasteiger charge is 2.19. The van der Waals surface area contributed by atoms with Gasteiger partial charge in [0, 0.05) is 18.1 Å².